The molecule has 0 saturated heterocycles. The first-order valence-electron chi connectivity index (χ1n) is 7.27. The number of nitrogens with zero attached hydrogens (tertiary/aromatic N) is 1. The standard InChI is InChI=1S/C16H28N2O/c1-5-10-17-16(13-18(3)11-6-2)14-8-7-9-15(12-14)19-4/h7-9,12,16-17H,5-6,10-11,13H2,1-4H3. The van der Waals surface area contributed by atoms with Crippen molar-refractivity contribution in [1.82, 2.24) is 10.2 Å². The normalized spacial score (nSPS) is 12.7. The molecule has 0 aromatic heterocycles. The van der Waals surface area contributed by atoms with Gasteiger partial charge < -0.3 is 15.0 Å². The van der Waals surface area contributed by atoms with E-state index in [1.165, 1.54) is 12.0 Å². The molecule has 1 N–H and O–H groups in total. The van der Waals surface area contributed by atoms with E-state index in [-0.39, 0.29) is 0 Å². The third-order valence-electron chi connectivity index (χ3n) is 3.24. The number of ether oxygens (including phenoxy) is 1. The van der Waals surface area contributed by atoms with Gasteiger partial charge in [-0.3, -0.25) is 0 Å². The lowest BCUT2D eigenvalue weighted by Crippen LogP contribution is -2.33. The van der Waals surface area contributed by atoms with E-state index in [0.717, 1.165) is 31.8 Å². The molecule has 0 spiro atoms. The zero-order valence-corrected chi connectivity index (χ0v) is 12.8. The van der Waals surface area contributed by atoms with E-state index >= 15 is 0 Å². The van der Waals surface area contributed by atoms with Crippen molar-refractivity contribution < 1.29 is 4.74 Å². The SMILES string of the molecule is CCCNC(CN(C)CCC)c1cccc(OC)c1. The summed E-state index contributed by atoms with van der Waals surface area (Å²) >= 11 is 0. The van der Waals surface area contributed by atoms with Crippen molar-refractivity contribution >= 4 is 0 Å². The van der Waals surface area contributed by atoms with Crippen molar-refractivity contribution in [2.45, 2.75) is 32.7 Å². The van der Waals surface area contributed by atoms with Crippen molar-refractivity contribution in [1.29, 1.82) is 0 Å². The molecule has 0 aliphatic rings. The monoisotopic (exact) mass is 264 g/mol. The Morgan fingerprint density at radius 3 is 2.68 bits per heavy atom. The van der Waals surface area contributed by atoms with Crippen LogP contribution in [0.1, 0.15) is 38.3 Å². The van der Waals surface area contributed by atoms with Crippen molar-refractivity contribution in [3.63, 3.8) is 0 Å². The number of hydrogen-bond acceptors (Lipinski definition) is 3. The second kappa shape index (κ2) is 8.94. The molecule has 0 bridgehead atoms. The van der Waals surface area contributed by atoms with Gasteiger partial charge in [-0.2, -0.15) is 0 Å². The predicted octanol–water partition coefficient (Wildman–Crippen LogP) is 3.08. The van der Waals surface area contributed by atoms with E-state index < -0.39 is 0 Å². The second-order valence-corrected chi connectivity index (χ2v) is 5.05. The van der Waals surface area contributed by atoms with Crippen molar-refractivity contribution in [2.24, 2.45) is 0 Å². The van der Waals surface area contributed by atoms with Crippen LogP contribution in [-0.4, -0.2) is 38.7 Å². The lowest BCUT2D eigenvalue weighted by atomic mass is 10.1. The third-order valence-corrected chi connectivity index (χ3v) is 3.24. The molecular formula is C16H28N2O. The molecule has 1 rings (SSSR count). The summed E-state index contributed by atoms with van der Waals surface area (Å²) in [4.78, 5) is 2.38. The molecular weight excluding hydrogens is 236 g/mol. The average molecular weight is 264 g/mol. The fraction of sp³-hybridized carbons (Fsp3) is 0.625. The fourth-order valence-electron chi connectivity index (χ4n) is 2.25. The van der Waals surface area contributed by atoms with Crippen LogP contribution in [0.15, 0.2) is 24.3 Å². The van der Waals surface area contributed by atoms with Crippen LogP contribution in [0.3, 0.4) is 0 Å². The number of rotatable bonds is 9. The highest BCUT2D eigenvalue weighted by Crippen LogP contribution is 2.20. The van der Waals surface area contributed by atoms with Gasteiger partial charge in [-0.1, -0.05) is 26.0 Å². The van der Waals surface area contributed by atoms with Crippen molar-refractivity contribution in [3.05, 3.63) is 29.8 Å². The predicted molar refractivity (Wildman–Crippen MR) is 81.8 cm³/mol. The largest absolute Gasteiger partial charge is 0.497 e. The number of benzene rings is 1. The van der Waals surface area contributed by atoms with E-state index in [1.807, 2.05) is 6.07 Å². The lowest BCUT2D eigenvalue weighted by molar-refractivity contribution is 0.290. The number of likely N-dealkylation sites (N-methyl/N-ethyl adjacent to an activating group) is 1. The summed E-state index contributed by atoms with van der Waals surface area (Å²) < 4.78 is 5.32. The van der Waals surface area contributed by atoms with Crippen LogP contribution in [0.25, 0.3) is 0 Å². The summed E-state index contributed by atoms with van der Waals surface area (Å²) in [6, 6.07) is 8.74. The Bertz CT molecular complexity index is 354. The van der Waals surface area contributed by atoms with E-state index in [9.17, 15) is 0 Å². The van der Waals surface area contributed by atoms with Crippen LogP contribution in [0.2, 0.25) is 0 Å². The maximum atomic E-state index is 5.32. The van der Waals surface area contributed by atoms with Crippen LogP contribution in [0, 0.1) is 0 Å². The lowest BCUT2D eigenvalue weighted by Gasteiger charge is -2.25. The Labute approximate surface area is 118 Å². The Balaban J connectivity index is 2.76. The fourth-order valence-corrected chi connectivity index (χ4v) is 2.25. The van der Waals surface area contributed by atoms with Gasteiger partial charge in [0.1, 0.15) is 5.75 Å². The average Bonchev–Trinajstić information content (AvgIpc) is 2.43. The minimum atomic E-state index is 0.367. The van der Waals surface area contributed by atoms with E-state index in [1.54, 1.807) is 7.11 Å². The molecule has 0 aliphatic heterocycles. The first-order valence-corrected chi connectivity index (χ1v) is 7.27. The second-order valence-electron chi connectivity index (χ2n) is 5.05. The Morgan fingerprint density at radius 2 is 2.05 bits per heavy atom. The minimum absolute atomic E-state index is 0.367. The summed E-state index contributed by atoms with van der Waals surface area (Å²) in [6.45, 7) is 7.62. The highest BCUT2D eigenvalue weighted by atomic mass is 16.5. The number of nitrogens with one attached hydrogen (secondary N) is 1. The molecule has 0 aliphatic carbocycles. The molecule has 0 fully saturated rings. The molecule has 1 aromatic rings. The molecule has 3 heteroatoms. The van der Waals surface area contributed by atoms with E-state index in [2.05, 4.69) is 49.3 Å². The first-order chi connectivity index (χ1) is 9.21. The topological polar surface area (TPSA) is 24.5 Å². The molecule has 1 unspecified atom stereocenters. The van der Waals surface area contributed by atoms with Gasteiger partial charge in [-0.05, 0) is 50.7 Å². The quantitative estimate of drug-likeness (QED) is 0.742. The van der Waals surface area contributed by atoms with Crippen LogP contribution < -0.4 is 10.1 Å². The Morgan fingerprint density at radius 1 is 1.26 bits per heavy atom. The maximum absolute atomic E-state index is 5.32. The van der Waals surface area contributed by atoms with Gasteiger partial charge in [0.05, 0.1) is 7.11 Å². The molecule has 3 nitrogen and oxygen atoms in total. The first kappa shape index (κ1) is 16.0. The van der Waals surface area contributed by atoms with Crippen LogP contribution in [-0.2, 0) is 0 Å². The Hall–Kier alpha value is -1.06. The van der Waals surface area contributed by atoms with E-state index in [4.69, 9.17) is 4.74 Å². The van der Waals surface area contributed by atoms with Crippen LogP contribution in [0.4, 0.5) is 0 Å². The maximum Gasteiger partial charge on any atom is 0.119 e. The highest BCUT2D eigenvalue weighted by molar-refractivity contribution is 5.30. The third kappa shape index (κ3) is 5.62. The zero-order valence-electron chi connectivity index (χ0n) is 12.8. The van der Waals surface area contributed by atoms with Gasteiger partial charge in [-0.15, -0.1) is 0 Å². The van der Waals surface area contributed by atoms with Gasteiger partial charge in [0.2, 0.25) is 0 Å². The summed E-state index contributed by atoms with van der Waals surface area (Å²) in [5.74, 6) is 0.930. The summed E-state index contributed by atoms with van der Waals surface area (Å²) in [5, 5.41) is 3.63. The van der Waals surface area contributed by atoms with Crippen LogP contribution >= 0.6 is 0 Å². The van der Waals surface area contributed by atoms with Gasteiger partial charge in [0, 0.05) is 12.6 Å². The molecule has 19 heavy (non-hydrogen) atoms. The summed E-state index contributed by atoms with van der Waals surface area (Å²) in [6.07, 6.45) is 2.34. The molecule has 0 saturated carbocycles. The van der Waals surface area contributed by atoms with Gasteiger partial charge in [0.25, 0.3) is 0 Å². The molecule has 0 radical (unpaired) electrons. The molecule has 1 aromatic carbocycles. The van der Waals surface area contributed by atoms with E-state index in [0.29, 0.717) is 6.04 Å². The molecule has 1 atom stereocenters. The van der Waals surface area contributed by atoms with Crippen molar-refractivity contribution in [2.75, 3.05) is 33.8 Å². The molecule has 0 amide bonds. The van der Waals surface area contributed by atoms with Gasteiger partial charge in [-0.25, -0.2) is 0 Å². The van der Waals surface area contributed by atoms with Crippen LogP contribution in [0.5, 0.6) is 5.75 Å². The smallest absolute Gasteiger partial charge is 0.119 e. The van der Waals surface area contributed by atoms with Crippen molar-refractivity contribution in [3.8, 4) is 5.75 Å². The minimum Gasteiger partial charge on any atom is -0.497 e. The molecule has 108 valence electrons. The van der Waals surface area contributed by atoms with Gasteiger partial charge >= 0.3 is 0 Å². The zero-order chi connectivity index (χ0) is 14.1. The summed E-state index contributed by atoms with van der Waals surface area (Å²) in [7, 11) is 3.90. The number of methoxy groups -OCH3 is 1. The van der Waals surface area contributed by atoms with Gasteiger partial charge in [0.15, 0.2) is 0 Å². The highest BCUT2D eigenvalue weighted by Gasteiger charge is 2.13. The summed E-state index contributed by atoms with van der Waals surface area (Å²) in [5.41, 5.74) is 1.30. The molecule has 0 heterocycles. The Kier molecular flexibility index (Phi) is 7.53. The number of hydrogen-bond donors (Lipinski definition) is 1.